The molecule has 0 aliphatic carbocycles. The molecule has 0 amide bonds. The van der Waals surface area contributed by atoms with Gasteiger partial charge in [-0.1, -0.05) is 23.7 Å². The number of nitrogens with zero attached hydrogens (tertiary/aromatic N) is 1. The fourth-order valence-corrected chi connectivity index (χ4v) is 3.97. The third kappa shape index (κ3) is 4.93. The average molecular weight is 464 g/mol. The molecule has 1 aromatic heterocycles. The summed E-state index contributed by atoms with van der Waals surface area (Å²) in [7, 11) is 0. The molecule has 3 rings (SSSR count). The maximum atomic E-state index is 13.1. The standard InChI is InChI=1S/C20H15ClFN3O3S2/c1-10(15-9-30-18(17(15)26)11-2-4-12(22)5-3-11)24-25-20(29)23-13-6-7-14(19(27)28)16(21)8-13/h2-9,26H,1H3,(H,27,28)(H2,23,25,29)/b24-10+. The van der Waals surface area contributed by atoms with Crippen molar-refractivity contribution in [1.82, 2.24) is 5.43 Å². The van der Waals surface area contributed by atoms with Crippen molar-refractivity contribution in [3.8, 4) is 16.2 Å². The second-order valence-corrected chi connectivity index (χ2v) is 7.79. The molecule has 4 N–H and O–H groups in total. The van der Waals surface area contributed by atoms with Gasteiger partial charge in [-0.2, -0.15) is 5.10 Å². The van der Waals surface area contributed by atoms with E-state index < -0.39 is 5.97 Å². The van der Waals surface area contributed by atoms with E-state index in [1.54, 1.807) is 24.4 Å². The zero-order chi connectivity index (χ0) is 21.8. The van der Waals surface area contributed by atoms with Crippen LogP contribution in [0.3, 0.4) is 0 Å². The highest BCUT2D eigenvalue weighted by Crippen LogP contribution is 2.38. The Morgan fingerprint density at radius 1 is 1.20 bits per heavy atom. The minimum Gasteiger partial charge on any atom is -0.506 e. The van der Waals surface area contributed by atoms with Crippen molar-refractivity contribution in [3.05, 3.63) is 69.8 Å². The van der Waals surface area contributed by atoms with Crippen LogP contribution < -0.4 is 10.7 Å². The van der Waals surface area contributed by atoms with Crippen LogP contribution >= 0.6 is 35.2 Å². The molecule has 0 fully saturated rings. The van der Waals surface area contributed by atoms with E-state index in [0.29, 0.717) is 27.4 Å². The minimum absolute atomic E-state index is 0.0140. The fourth-order valence-electron chi connectivity index (χ4n) is 2.53. The lowest BCUT2D eigenvalue weighted by Crippen LogP contribution is -2.25. The van der Waals surface area contributed by atoms with Gasteiger partial charge >= 0.3 is 5.97 Å². The van der Waals surface area contributed by atoms with E-state index >= 15 is 0 Å². The molecule has 0 unspecified atom stereocenters. The quantitative estimate of drug-likeness (QED) is 0.232. The van der Waals surface area contributed by atoms with Crippen LogP contribution in [0.25, 0.3) is 10.4 Å². The van der Waals surface area contributed by atoms with Gasteiger partial charge in [0.1, 0.15) is 11.6 Å². The Labute approximate surface area is 185 Å². The first-order chi connectivity index (χ1) is 14.3. The smallest absolute Gasteiger partial charge is 0.337 e. The van der Waals surface area contributed by atoms with Crippen molar-refractivity contribution in [2.75, 3.05) is 5.32 Å². The fraction of sp³-hybridized carbons (Fsp3) is 0.0500. The predicted molar refractivity (Wildman–Crippen MR) is 121 cm³/mol. The van der Waals surface area contributed by atoms with E-state index in [4.69, 9.17) is 28.9 Å². The number of halogens is 2. The van der Waals surface area contributed by atoms with Gasteiger partial charge in [0.05, 0.1) is 26.7 Å². The first-order valence-electron chi connectivity index (χ1n) is 8.47. The Balaban J connectivity index is 1.69. The molecular weight excluding hydrogens is 449 g/mol. The Morgan fingerprint density at radius 2 is 1.90 bits per heavy atom. The van der Waals surface area contributed by atoms with Gasteiger partial charge in [0.15, 0.2) is 5.11 Å². The number of rotatable bonds is 5. The summed E-state index contributed by atoms with van der Waals surface area (Å²) in [5.41, 5.74) is 4.84. The first kappa shape index (κ1) is 21.7. The predicted octanol–water partition coefficient (Wildman–Crippen LogP) is 5.32. The van der Waals surface area contributed by atoms with Crippen molar-refractivity contribution in [1.29, 1.82) is 0 Å². The number of benzene rings is 2. The van der Waals surface area contributed by atoms with Crippen molar-refractivity contribution >= 4 is 57.6 Å². The molecule has 0 spiro atoms. The number of carboxylic acid groups (broad SMARTS) is 1. The molecule has 0 radical (unpaired) electrons. The SMILES string of the molecule is C/C(=N\NC(=S)Nc1ccc(C(=O)O)c(Cl)c1)c1csc(-c2ccc(F)cc2)c1O. The van der Waals surface area contributed by atoms with Crippen LogP contribution in [0.4, 0.5) is 10.1 Å². The zero-order valence-electron chi connectivity index (χ0n) is 15.4. The van der Waals surface area contributed by atoms with Crippen LogP contribution in [0, 0.1) is 5.82 Å². The van der Waals surface area contributed by atoms with Crippen molar-refractivity contribution < 1.29 is 19.4 Å². The molecule has 2 aromatic carbocycles. The second-order valence-electron chi connectivity index (χ2n) is 6.10. The van der Waals surface area contributed by atoms with Crippen molar-refractivity contribution in [2.45, 2.75) is 6.92 Å². The summed E-state index contributed by atoms with van der Waals surface area (Å²) in [6.07, 6.45) is 0. The largest absolute Gasteiger partial charge is 0.506 e. The monoisotopic (exact) mass is 463 g/mol. The van der Waals surface area contributed by atoms with E-state index in [2.05, 4.69) is 15.8 Å². The Kier molecular flexibility index (Phi) is 6.66. The van der Waals surface area contributed by atoms with Crippen LogP contribution in [0.2, 0.25) is 5.02 Å². The van der Waals surface area contributed by atoms with E-state index in [-0.39, 0.29) is 27.3 Å². The molecule has 6 nitrogen and oxygen atoms in total. The molecular formula is C20H15ClFN3O3S2. The molecule has 0 bridgehead atoms. The number of hydrazone groups is 1. The van der Waals surface area contributed by atoms with E-state index in [1.165, 1.54) is 41.7 Å². The number of hydrogen-bond donors (Lipinski definition) is 4. The van der Waals surface area contributed by atoms with E-state index in [9.17, 15) is 14.3 Å². The van der Waals surface area contributed by atoms with Crippen molar-refractivity contribution in [3.63, 3.8) is 0 Å². The van der Waals surface area contributed by atoms with Gasteiger partial charge in [0.2, 0.25) is 0 Å². The van der Waals surface area contributed by atoms with Gasteiger partial charge in [0.25, 0.3) is 0 Å². The molecule has 10 heteroatoms. The molecule has 0 aliphatic heterocycles. The Morgan fingerprint density at radius 3 is 2.53 bits per heavy atom. The number of thiophene rings is 1. The number of aromatic carboxylic acids is 1. The topological polar surface area (TPSA) is 94.0 Å². The maximum absolute atomic E-state index is 13.1. The van der Waals surface area contributed by atoms with E-state index in [0.717, 1.165) is 0 Å². The van der Waals surface area contributed by atoms with Gasteiger partial charge in [0, 0.05) is 11.1 Å². The zero-order valence-corrected chi connectivity index (χ0v) is 17.8. The van der Waals surface area contributed by atoms with Crippen LogP contribution in [0.1, 0.15) is 22.8 Å². The summed E-state index contributed by atoms with van der Waals surface area (Å²) >= 11 is 12.4. The lowest BCUT2D eigenvalue weighted by Gasteiger charge is -2.09. The van der Waals surface area contributed by atoms with Gasteiger partial charge in [-0.05, 0) is 55.0 Å². The summed E-state index contributed by atoms with van der Waals surface area (Å²) < 4.78 is 13.1. The summed E-state index contributed by atoms with van der Waals surface area (Å²) in [6, 6.07) is 10.2. The maximum Gasteiger partial charge on any atom is 0.337 e. The number of carboxylic acids is 1. The van der Waals surface area contributed by atoms with Crippen LogP contribution in [0.5, 0.6) is 5.75 Å². The normalized spacial score (nSPS) is 11.2. The van der Waals surface area contributed by atoms with Gasteiger partial charge in [-0.3, -0.25) is 5.43 Å². The number of aromatic hydroxyl groups is 1. The summed E-state index contributed by atoms with van der Waals surface area (Å²) in [5.74, 6) is -1.43. The number of carbonyl (C=O) groups is 1. The minimum atomic E-state index is -1.12. The van der Waals surface area contributed by atoms with Gasteiger partial charge in [-0.25, -0.2) is 9.18 Å². The molecule has 154 valence electrons. The lowest BCUT2D eigenvalue weighted by atomic mass is 10.1. The Hall–Kier alpha value is -3.01. The molecule has 0 saturated heterocycles. The molecule has 30 heavy (non-hydrogen) atoms. The molecule has 0 atom stereocenters. The number of thiocarbonyl (C=S) groups is 1. The molecule has 0 aliphatic rings. The van der Waals surface area contributed by atoms with Crippen LogP contribution in [-0.4, -0.2) is 27.0 Å². The number of anilines is 1. The average Bonchev–Trinajstić information content (AvgIpc) is 3.08. The van der Waals surface area contributed by atoms with Crippen molar-refractivity contribution in [2.24, 2.45) is 5.10 Å². The number of hydrogen-bond acceptors (Lipinski definition) is 5. The molecule has 1 heterocycles. The lowest BCUT2D eigenvalue weighted by molar-refractivity contribution is 0.0697. The first-order valence-corrected chi connectivity index (χ1v) is 10.1. The summed E-state index contributed by atoms with van der Waals surface area (Å²) in [6.45, 7) is 1.70. The highest BCUT2D eigenvalue weighted by Gasteiger charge is 2.15. The van der Waals surface area contributed by atoms with Gasteiger partial charge in [-0.15, -0.1) is 11.3 Å². The number of nitrogens with one attached hydrogen (secondary N) is 2. The molecule has 0 saturated carbocycles. The summed E-state index contributed by atoms with van der Waals surface area (Å²) in [5, 5.41) is 28.5. The third-order valence-electron chi connectivity index (χ3n) is 4.04. The molecule has 3 aromatic rings. The van der Waals surface area contributed by atoms with Gasteiger partial charge < -0.3 is 15.5 Å². The highest BCUT2D eigenvalue weighted by molar-refractivity contribution is 7.80. The summed E-state index contributed by atoms with van der Waals surface area (Å²) in [4.78, 5) is 11.6. The second kappa shape index (κ2) is 9.21. The highest BCUT2D eigenvalue weighted by atomic mass is 35.5. The van der Waals surface area contributed by atoms with Crippen LogP contribution in [-0.2, 0) is 0 Å². The third-order valence-corrected chi connectivity index (χ3v) is 5.57. The Bertz CT molecular complexity index is 1150. The van der Waals surface area contributed by atoms with Crippen LogP contribution in [0.15, 0.2) is 52.9 Å². The van der Waals surface area contributed by atoms with E-state index in [1.807, 2.05) is 0 Å².